The van der Waals surface area contributed by atoms with Gasteiger partial charge in [0.15, 0.2) is 0 Å². The van der Waals surface area contributed by atoms with Gasteiger partial charge in [-0.15, -0.1) is 0 Å². The molecule has 2 atom stereocenters. The number of aromatic hydroxyl groups is 1. The van der Waals surface area contributed by atoms with Gasteiger partial charge in [0.1, 0.15) is 5.75 Å². The van der Waals surface area contributed by atoms with E-state index >= 15 is 0 Å². The molecule has 2 heteroatoms. The van der Waals surface area contributed by atoms with Gasteiger partial charge in [-0.1, -0.05) is 26.0 Å². The fourth-order valence-corrected chi connectivity index (χ4v) is 2.55. The van der Waals surface area contributed by atoms with Crippen molar-refractivity contribution in [3.63, 3.8) is 0 Å². The zero-order valence-electron chi connectivity index (χ0n) is 10.2. The second-order valence-electron chi connectivity index (χ2n) is 4.86. The van der Waals surface area contributed by atoms with E-state index in [1.807, 2.05) is 6.07 Å². The van der Waals surface area contributed by atoms with Gasteiger partial charge in [0, 0.05) is 6.04 Å². The van der Waals surface area contributed by atoms with Gasteiger partial charge in [0.2, 0.25) is 0 Å². The zero-order valence-corrected chi connectivity index (χ0v) is 10.2. The molecule has 0 saturated heterocycles. The minimum atomic E-state index is 0.471. The fourth-order valence-electron chi connectivity index (χ4n) is 2.55. The largest absolute Gasteiger partial charge is 0.508 e. The van der Waals surface area contributed by atoms with Crippen LogP contribution in [0.4, 0.5) is 0 Å². The summed E-state index contributed by atoms with van der Waals surface area (Å²) in [7, 11) is 0. The lowest BCUT2D eigenvalue weighted by Crippen LogP contribution is -2.41. The maximum atomic E-state index is 9.82. The number of phenolic OH excluding ortho intramolecular Hbond substituents is 1. The summed E-state index contributed by atoms with van der Waals surface area (Å²) in [4.78, 5) is 0. The van der Waals surface area contributed by atoms with E-state index in [2.05, 4.69) is 25.2 Å². The van der Waals surface area contributed by atoms with Crippen LogP contribution in [-0.4, -0.2) is 17.7 Å². The van der Waals surface area contributed by atoms with Gasteiger partial charge in [-0.2, -0.15) is 0 Å². The molecule has 0 unspecified atom stereocenters. The molecule has 0 aliphatic heterocycles. The topological polar surface area (TPSA) is 32.3 Å². The Morgan fingerprint density at radius 2 is 2.19 bits per heavy atom. The van der Waals surface area contributed by atoms with E-state index in [0.29, 0.717) is 17.7 Å². The molecule has 0 heterocycles. The molecular formula is C14H21NO. The summed E-state index contributed by atoms with van der Waals surface area (Å²) in [6.07, 6.45) is 3.21. The van der Waals surface area contributed by atoms with E-state index in [0.717, 1.165) is 24.9 Å². The quantitative estimate of drug-likeness (QED) is 0.818. The highest BCUT2D eigenvalue weighted by molar-refractivity contribution is 5.41. The van der Waals surface area contributed by atoms with Crippen molar-refractivity contribution in [2.24, 2.45) is 5.92 Å². The molecule has 2 N–H and O–H groups in total. The molecule has 0 spiro atoms. The Bertz CT molecular complexity index is 362. The number of nitrogens with one attached hydrogen (secondary N) is 1. The maximum absolute atomic E-state index is 9.82. The number of hydrogen-bond donors (Lipinski definition) is 2. The molecule has 0 saturated carbocycles. The van der Waals surface area contributed by atoms with E-state index in [9.17, 15) is 5.11 Å². The normalized spacial score (nSPS) is 24.1. The second kappa shape index (κ2) is 4.88. The van der Waals surface area contributed by atoms with Crippen LogP contribution in [0.15, 0.2) is 18.2 Å². The Kier molecular flexibility index (Phi) is 3.49. The third kappa shape index (κ3) is 2.22. The highest BCUT2D eigenvalue weighted by Crippen LogP contribution is 2.31. The Hall–Kier alpha value is -1.02. The van der Waals surface area contributed by atoms with Gasteiger partial charge in [-0.25, -0.2) is 0 Å². The molecule has 88 valence electrons. The van der Waals surface area contributed by atoms with E-state index in [1.165, 1.54) is 12.0 Å². The highest BCUT2D eigenvalue weighted by atomic mass is 16.3. The second-order valence-corrected chi connectivity index (χ2v) is 4.86. The van der Waals surface area contributed by atoms with Gasteiger partial charge in [0.25, 0.3) is 0 Å². The van der Waals surface area contributed by atoms with Crippen LogP contribution in [0.5, 0.6) is 5.75 Å². The summed E-state index contributed by atoms with van der Waals surface area (Å²) in [5.41, 5.74) is 2.47. The SMILES string of the molecule is CCCN[C@@H]1Cc2cccc(O)c2C[C@H]1C. The van der Waals surface area contributed by atoms with Crippen LogP contribution in [0.2, 0.25) is 0 Å². The van der Waals surface area contributed by atoms with Gasteiger partial charge in [-0.05, 0) is 48.9 Å². The molecule has 1 aliphatic rings. The van der Waals surface area contributed by atoms with E-state index in [-0.39, 0.29) is 0 Å². The zero-order chi connectivity index (χ0) is 11.5. The van der Waals surface area contributed by atoms with Crippen LogP contribution in [0, 0.1) is 5.92 Å². The van der Waals surface area contributed by atoms with E-state index < -0.39 is 0 Å². The Balaban J connectivity index is 2.15. The third-order valence-electron chi connectivity index (χ3n) is 3.56. The molecule has 0 bridgehead atoms. The van der Waals surface area contributed by atoms with Crippen LogP contribution in [-0.2, 0) is 12.8 Å². The van der Waals surface area contributed by atoms with Crippen LogP contribution in [0.1, 0.15) is 31.4 Å². The Morgan fingerprint density at radius 3 is 2.94 bits per heavy atom. The van der Waals surface area contributed by atoms with Crippen molar-refractivity contribution in [1.29, 1.82) is 0 Å². The van der Waals surface area contributed by atoms with Gasteiger partial charge >= 0.3 is 0 Å². The molecule has 1 aromatic carbocycles. The van der Waals surface area contributed by atoms with Crippen molar-refractivity contribution in [2.75, 3.05) is 6.54 Å². The number of phenols is 1. The molecule has 0 amide bonds. The van der Waals surface area contributed by atoms with Crippen molar-refractivity contribution in [2.45, 2.75) is 39.2 Å². The average Bonchev–Trinajstić information content (AvgIpc) is 2.28. The number of fused-ring (bicyclic) bond motifs is 1. The van der Waals surface area contributed by atoms with Crippen LogP contribution < -0.4 is 5.32 Å². The first kappa shape index (κ1) is 11.5. The van der Waals surface area contributed by atoms with E-state index in [1.54, 1.807) is 6.07 Å². The van der Waals surface area contributed by atoms with Gasteiger partial charge < -0.3 is 10.4 Å². The molecule has 2 nitrogen and oxygen atoms in total. The predicted molar refractivity (Wildman–Crippen MR) is 66.8 cm³/mol. The molecule has 1 aromatic rings. The molecular weight excluding hydrogens is 198 g/mol. The maximum Gasteiger partial charge on any atom is 0.119 e. The van der Waals surface area contributed by atoms with Crippen molar-refractivity contribution >= 4 is 0 Å². The molecule has 0 aromatic heterocycles. The first-order chi connectivity index (χ1) is 7.72. The summed E-state index contributed by atoms with van der Waals surface area (Å²) in [6, 6.07) is 6.45. The summed E-state index contributed by atoms with van der Waals surface area (Å²) in [6.45, 7) is 5.55. The molecule has 16 heavy (non-hydrogen) atoms. The minimum Gasteiger partial charge on any atom is -0.508 e. The summed E-state index contributed by atoms with van der Waals surface area (Å²) in [5, 5.41) is 13.4. The van der Waals surface area contributed by atoms with Gasteiger partial charge in [-0.3, -0.25) is 0 Å². The molecule has 0 fully saturated rings. The monoisotopic (exact) mass is 219 g/mol. The lowest BCUT2D eigenvalue weighted by molar-refractivity contribution is 0.345. The third-order valence-corrected chi connectivity index (χ3v) is 3.56. The molecule has 1 aliphatic carbocycles. The lowest BCUT2D eigenvalue weighted by Gasteiger charge is -2.32. The van der Waals surface area contributed by atoms with Crippen LogP contribution in [0.3, 0.4) is 0 Å². The number of benzene rings is 1. The van der Waals surface area contributed by atoms with Crippen LogP contribution >= 0.6 is 0 Å². The van der Waals surface area contributed by atoms with E-state index in [4.69, 9.17) is 0 Å². The fraction of sp³-hybridized carbons (Fsp3) is 0.571. The van der Waals surface area contributed by atoms with Crippen molar-refractivity contribution < 1.29 is 5.11 Å². The summed E-state index contributed by atoms with van der Waals surface area (Å²) >= 11 is 0. The number of hydrogen-bond acceptors (Lipinski definition) is 2. The minimum absolute atomic E-state index is 0.471. The Labute approximate surface area is 97.7 Å². The van der Waals surface area contributed by atoms with Crippen molar-refractivity contribution in [1.82, 2.24) is 5.32 Å². The summed E-state index contributed by atoms with van der Waals surface area (Å²) in [5.74, 6) is 1.07. The van der Waals surface area contributed by atoms with Crippen molar-refractivity contribution in [3.05, 3.63) is 29.3 Å². The smallest absolute Gasteiger partial charge is 0.119 e. The summed E-state index contributed by atoms with van der Waals surface area (Å²) < 4.78 is 0. The number of rotatable bonds is 3. The lowest BCUT2D eigenvalue weighted by atomic mass is 9.80. The standard InChI is InChI=1S/C14H21NO/c1-3-7-15-13-9-11-5-4-6-14(16)12(11)8-10(13)2/h4-6,10,13,15-16H,3,7-9H2,1-2H3/t10-,13-/m1/s1. The first-order valence-electron chi connectivity index (χ1n) is 6.25. The molecule has 2 rings (SSSR count). The first-order valence-corrected chi connectivity index (χ1v) is 6.25. The van der Waals surface area contributed by atoms with Crippen molar-refractivity contribution in [3.8, 4) is 5.75 Å². The van der Waals surface area contributed by atoms with Crippen LogP contribution in [0.25, 0.3) is 0 Å². The predicted octanol–water partition coefficient (Wildman–Crippen LogP) is 2.50. The highest BCUT2D eigenvalue weighted by Gasteiger charge is 2.26. The molecule has 0 radical (unpaired) electrons. The average molecular weight is 219 g/mol. The Morgan fingerprint density at radius 1 is 1.38 bits per heavy atom. The van der Waals surface area contributed by atoms with Gasteiger partial charge in [0.05, 0.1) is 0 Å².